The number of hydrogen-bond donors (Lipinski definition) is 1. The number of hydrogen-bond acceptors (Lipinski definition) is 4. The number of nitrogens with zero attached hydrogens (tertiary/aromatic N) is 2. The first-order chi connectivity index (χ1) is 19.0. The minimum Gasteiger partial charge on any atom is -0.354 e. The monoisotopic (exact) mass is 603 g/mol. The van der Waals surface area contributed by atoms with Crippen LogP contribution >= 0.6 is 23.2 Å². The molecule has 40 heavy (non-hydrogen) atoms. The highest BCUT2D eigenvalue weighted by atomic mass is 35.5. The second kappa shape index (κ2) is 14.0. The molecule has 0 saturated heterocycles. The lowest BCUT2D eigenvalue weighted by Crippen LogP contribution is -2.52. The summed E-state index contributed by atoms with van der Waals surface area (Å²) in [5.74, 6) is -0.894. The number of anilines is 1. The molecular formula is C30H35Cl2N3O4S. The summed E-state index contributed by atoms with van der Waals surface area (Å²) in [7, 11) is -4.14. The van der Waals surface area contributed by atoms with Gasteiger partial charge in [0.05, 0.1) is 10.6 Å². The second-order valence-electron chi connectivity index (χ2n) is 9.60. The molecule has 3 aromatic rings. The van der Waals surface area contributed by atoms with E-state index in [-0.39, 0.29) is 17.3 Å². The van der Waals surface area contributed by atoms with Crippen LogP contribution in [0.5, 0.6) is 0 Å². The van der Waals surface area contributed by atoms with Gasteiger partial charge in [0.1, 0.15) is 12.6 Å². The molecule has 7 nitrogen and oxygen atoms in total. The van der Waals surface area contributed by atoms with Gasteiger partial charge in [-0.3, -0.25) is 13.9 Å². The Hall–Kier alpha value is -3.07. The smallest absolute Gasteiger partial charge is 0.264 e. The summed E-state index contributed by atoms with van der Waals surface area (Å²) in [6.45, 7) is 7.34. The molecule has 0 aliphatic heterocycles. The van der Waals surface area contributed by atoms with E-state index in [2.05, 4.69) is 5.32 Å². The SMILES string of the molecule is CCCNC(=O)[C@@H](CC)N(Cc1c(Cl)cccc1Cl)C(=O)CN(c1ccc(C)cc1)S(=O)(=O)c1ccc(C)cc1. The average molecular weight is 605 g/mol. The molecule has 3 aromatic carbocycles. The van der Waals surface area contributed by atoms with Crippen molar-refractivity contribution >= 4 is 50.7 Å². The maximum atomic E-state index is 14.1. The third kappa shape index (κ3) is 7.56. The molecular weight excluding hydrogens is 569 g/mol. The Morgan fingerprint density at radius 1 is 0.875 bits per heavy atom. The van der Waals surface area contributed by atoms with Crippen molar-refractivity contribution in [2.45, 2.75) is 58.0 Å². The Kier molecular flexibility index (Phi) is 11.0. The summed E-state index contributed by atoms with van der Waals surface area (Å²) in [6.07, 6.45) is 1.03. The van der Waals surface area contributed by atoms with Gasteiger partial charge in [-0.05, 0) is 63.1 Å². The average Bonchev–Trinajstić information content (AvgIpc) is 2.92. The molecule has 0 heterocycles. The molecule has 10 heteroatoms. The fourth-order valence-corrected chi connectivity index (χ4v) is 6.15. The van der Waals surface area contributed by atoms with Gasteiger partial charge < -0.3 is 10.2 Å². The molecule has 0 aliphatic rings. The number of amides is 2. The summed E-state index contributed by atoms with van der Waals surface area (Å²) >= 11 is 12.9. The summed E-state index contributed by atoms with van der Waals surface area (Å²) in [5.41, 5.74) is 2.66. The van der Waals surface area contributed by atoms with Crippen LogP contribution < -0.4 is 9.62 Å². The maximum Gasteiger partial charge on any atom is 0.264 e. The number of aryl methyl sites for hydroxylation is 2. The van der Waals surface area contributed by atoms with Gasteiger partial charge in [0, 0.05) is 28.7 Å². The minimum absolute atomic E-state index is 0.0555. The van der Waals surface area contributed by atoms with Crippen LogP contribution in [0.25, 0.3) is 0 Å². The van der Waals surface area contributed by atoms with Crippen LogP contribution in [0.4, 0.5) is 5.69 Å². The van der Waals surface area contributed by atoms with Crippen LogP contribution in [0.15, 0.2) is 71.6 Å². The standard InChI is InChI=1S/C30H35Cl2N3O4S/c1-5-18-33-30(37)28(6-2)34(19-25-26(31)8-7-9-27(25)32)29(36)20-35(23-14-10-21(3)11-15-23)40(38,39)24-16-12-22(4)13-17-24/h7-17,28H,5-6,18-20H2,1-4H3,(H,33,37)/t28-/m1/s1. The van der Waals surface area contributed by atoms with Crippen molar-refractivity contribution < 1.29 is 18.0 Å². The fourth-order valence-electron chi connectivity index (χ4n) is 4.22. The molecule has 0 aliphatic carbocycles. The van der Waals surface area contributed by atoms with Gasteiger partial charge in [-0.25, -0.2) is 8.42 Å². The molecule has 0 radical (unpaired) electrons. The Balaban J connectivity index is 2.08. The minimum atomic E-state index is -4.14. The highest BCUT2D eigenvalue weighted by Crippen LogP contribution is 2.29. The van der Waals surface area contributed by atoms with Crippen molar-refractivity contribution in [3.63, 3.8) is 0 Å². The highest BCUT2D eigenvalue weighted by Gasteiger charge is 2.34. The van der Waals surface area contributed by atoms with Crippen LogP contribution in [0.2, 0.25) is 10.0 Å². The van der Waals surface area contributed by atoms with Crippen molar-refractivity contribution in [3.05, 3.63) is 93.5 Å². The second-order valence-corrected chi connectivity index (χ2v) is 12.3. The first kappa shape index (κ1) is 31.5. The molecule has 0 spiro atoms. The highest BCUT2D eigenvalue weighted by molar-refractivity contribution is 7.92. The van der Waals surface area contributed by atoms with Crippen LogP contribution in [-0.4, -0.2) is 44.3 Å². The van der Waals surface area contributed by atoms with Gasteiger partial charge >= 0.3 is 0 Å². The number of rotatable bonds is 12. The number of carbonyl (C=O) groups is 2. The summed E-state index contributed by atoms with van der Waals surface area (Å²) in [5, 5.41) is 3.54. The molecule has 0 unspecified atom stereocenters. The Labute approximate surface area is 247 Å². The molecule has 0 fully saturated rings. The molecule has 0 saturated carbocycles. The molecule has 214 valence electrons. The number of benzene rings is 3. The lowest BCUT2D eigenvalue weighted by molar-refractivity contribution is -0.140. The molecule has 0 aromatic heterocycles. The number of carbonyl (C=O) groups excluding carboxylic acids is 2. The zero-order valence-electron chi connectivity index (χ0n) is 23.2. The van der Waals surface area contributed by atoms with Crippen LogP contribution in [0, 0.1) is 13.8 Å². The van der Waals surface area contributed by atoms with E-state index in [1.54, 1.807) is 61.5 Å². The first-order valence-electron chi connectivity index (χ1n) is 13.2. The molecule has 1 atom stereocenters. The third-order valence-corrected chi connectivity index (χ3v) is 9.03. The summed E-state index contributed by atoms with van der Waals surface area (Å²) in [6, 6.07) is 17.5. The summed E-state index contributed by atoms with van der Waals surface area (Å²) < 4.78 is 28.9. The van der Waals surface area contributed by atoms with Crippen molar-refractivity contribution in [2.75, 3.05) is 17.4 Å². The zero-order valence-corrected chi connectivity index (χ0v) is 25.5. The van der Waals surface area contributed by atoms with Crippen LogP contribution in [0.3, 0.4) is 0 Å². The largest absolute Gasteiger partial charge is 0.354 e. The van der Waals surface area contributed by atoms with Gasteiger partial charge in [-0.15, -0.1) is 0 Å². The summed E-state index contributed by atoms with van der Waals surface area (Å²) in [4.78, 5) is 28.7. The lowest BCUT2D eigenvalue weighted by Gasteiger charge is -2.33. The number of halogens is 2. The first-order valence-corrected chi connectivity index (χ1v) is 15.3. The quantitative estimate of drug-likeness (QED) is 0.269. The van der Waals surface area contributed by atoms with E-state index >= 15 is 0 Å². The van der Waals surface area contributed by atoms with Crippen molar-refractivity contribution in [3.8, 4) is 0 Å². The number of nitrogens with one attached hydrogen (secondary N) is 1. The van der Waals surface area contributed by atoms with E-state index in [4.69, 9.17) is 23.2 Å². The van der Waals surface area contributed by atoms with E-state index in [9.17, 15) is 18.0 Å². The van der Waals surface area contributed by atoms with E-state index in [1.165, 1.54) is 17.0 Å². The van der Waals surface area contributed by atoms with Gasteiger partial charge in [-0.1, -0.05) is 78.5 Å². The van der Waals surface area contributed by atoms with E-state index < -0.39 is 28.5 Å². The Morgan fingerprint density at radius 2 is 1.43 bits per heavy atom. The molecule has 0 bridgehead atoms. The van der Waals surface area contributed by atoms with Crippen LogP contribution in [-0.2, 0) is 26.2 Å². The lowest BCUT2D eigenvalue weighted by atomic mass is 10.1. The Morgan fingerprint density at radius 3 is 1.95 bits per heavy atom. The fraction of sp³-hybridized carbons (Fsp3) is 0.333. The van der Waals surface area contributed by atoms with Crippen molar-refractivity contribution in [1.82, 2.24) is 10.2 Å². The van der Waals surface area contributed by atoms with E-state index in [0.717, 1.165) is 21.9 Å². The van der Waals surface area contributed by atoms with Crippen molar-refractivity contribution in [2.24, 2.45) is 0 Å². The van der Waals surface area contributed by atoms with Crippen molar-refractivity contribution in [1.29, 1.82) is 0 Å². The van der Waals surface area contributed by atoms with Gasteiger partial charge in [0.2, 0.25) is 11.8 Å². The van der Waals surface area contributed by atoms with Crippen LogP contribution in [0.1, 0.15) is 43.4 Å². The maximum absolute atomic E-state index is 14.1. The third-order valence-electron chi connectivity index (χ3n) is 6.54. The zero-order chi connectivity index (χ0) is 29.4. The van der Waals surface area contributed by atoms with Gasteiger partial charge in [0.15, 0.2) is 0 Å². The number of sulfonamides is 1. The van der Waals surface area contributed by atoms with Gasteiger partial charge in [0.25, 0.3) is 10.0 Å². The molecule has 1 N–H and O–H groups in total. The van der Waals surface area contributed by atoms with E-state index in [1.807, 2.05) is 20.8 Å². The Bertz CT molecular complexity index is 1410. The predicted octanol–water partition coefficient (Wildman–Crippen LogP) is 6.14. The normalized spacial score (nSPS) is 12.1. The molecule has 3 rings (SSSR count). The van der Waals surface area contributed by atoms with E-state index in [0.29, 0.717) is 34.3 Å². The molecule has 2 amide bonds. The topological polar surface area (TPSA) is 86.8 Å². The van der Waals surface area contributed by atoms with Gasteiger partial charge in [-0.2, -0.15) is 0 Å². The predicted molar refractivity (Wildman–Crippen MR) is 161 cm³/mol.